The second-order valence-electron chi connectivity index (χ2n) is 6.64. The summed E-state index contributed by atoms with van der Waals surface area (Å²) in [6.07, 6.45) is 3.92. The van der Waals surface area contributed by atoms with Gasteiger partial charge >= 0.3 is 0 Å². The number of unbranched alkanes of at least 4 members (excludes halogenated alkanes) is 2. The summed E-state index contributed by atoms with van der Waals surface area (Å²) >= 11 is 0. The number of ether oxygens (including phenoxy) is 2. The van der Waals surface area contributed by atoms with E-state index in [1.807, 2.05) is 60.7 Å². The lowest BCUT2D eigenvalue weighted by molar-refractivity contribution is -0.107. The van der Waals surface area contributed by atoms with Crippen molar-refractivity contribution in [2.45, 2.75) is 51.4 Å². The van der Waals surface area contributed by atoms with E-state index in [-0.39, 0.29) is 0 Å². The minimum atomic E-state index is -0.932. The van der Waals surface area contributed by atoms with Gasteiger partial charge in [-0.25, -0.2) is 0 Å². The van der Waals surface area contributed by atoms with Crippen molar-refractivity contribution in [2.24, 2.45) is 0 Å². The predicted octanol–water partition coefficient (Wildman–Crippen LogP) is 4.73. The first-order valence-electron chi connectivity index (χ1n) is 9.17. The van der Waals surface area contributed by atoms with Crippen LogP contribution in [0.1, 0.15) is 43.7 Å². The Morgan fingerprint density at radius 2 is 1.24 bits per heavy atom. The maximum absolute atomic E-state index is 10.9. The lowest BCUT2D eigenvalue weighted by atomic mass is 9.98. The lowest BCUT2D eigenvalue weighted by Crippen LogP contribution is -2.39. The molecule has 0 aromatic heterocycles. The molecule has 0 unspecified atom stereocenters. The van der Waals surface area contributed by atoms with E-state index in [0.717, 1.165) is 30.4 Å². The van der Waals surface area contributed by atoms with Gasteiger partial charge in [0.25, 0.3) is 0 Å². The van der Waals surface area contributed by atoms with Crippen LogP contribution in [-0.2, 0) is 22.7 Å². The van der Waals surface area contributed by atoms with E-state index in [9.17, 15) is 5.11 Å². The molecule has 3 heteroatoms. The highest BCUT2D eigenvalue weighted by Gasteiger charge is 2.27. The van der Waals surface area contributed by atoms with Crippen molar-refractivity contribution < 1.29 is 14.6 Å². The first-order valence-corrected chi connectivity index (χ1v) is 9.17. The number of hydrogen-bond acceptors (Lipinski definition) is 3. The average Bonchev–Trinajstić information content (AvgIpc) is 2.64. The van der Waals surface area contributed by atoms with Crippen molar-refractivity contribution >= 4 is 0 Å². The molecule has 0 saturated carbocycles. The highest BCUT2D eigenvalue weighted by atomic mass is 16.5. The molecule has 0 heterocycles. The smallest absolute Gasteiger partial charge is 0.111 e. The van der Waals surface area contributed by atoms with Crippen LogP contribution in [0, 0.1) is 0 Å². The molecule has 0 amide bonds. The van der Waals surface area contributed by atoms with Crippen LogP contribution < -0.4 is 0 Å². The first-order chi connectivity index (χ1) is 12.2. The molecule has 0 radical (unpaired) electrons. The zero-order chi connectivity index (χ0) is 17.8. The van der Waals surface area contributed by atoms with Gasteiger partial charge < -0.3 is 14.6 Å². The van der Waals surface area contributed by atoms with E-state index >= 15 is 0 Å². The third kappa shape index (κ3) is 7.82. The highest BCUT2D eigenvalue weighted by molar-refractivity contribution is 5.14. The number of rotatable bonds is 12. The van der Waals surface area contributed by atoms with E-state index < -0.39 is 5.60 Å². The molecular weight excluding hydrogens is 312 g/mol. The van der Waals surface area contributed by atoms with Gasteiger partial charge in [0, 0.05) is 0 Å². The van der Waals surface area contributed by atoms with Crippen LogP contribution in [0.5, 0.6) is 0 Å². The normalized spacial score (nSPS) is 11.6. The Morgan fingerprint density at radius 3 is 1.68 bits per heavy atom. The molecule has 2 aromatic rings. The molecule has 0 aliphatic rings. The third-order valence-electron chi connectivity index (χ3n) is 4.21. The largest absolute Gasteiger partial charge is 0.385 e. The van der Waals surface area contributed by atoms with Crippen LogP contribution >= 0.6 is 0 Å². The van der Waals surface area contributed by atoms with Gasteiger partial charge in [-0.15, -0.1) is 0 Å². The standard InChI is InChI=1S/C22H30O3/c1-2-3-10-15-22(23,18-24-16-20-11-6-4-7-12-20)19-25-17-21-13-8-5-9-14-21/h4-9,11-14,23H,2-3,10,15-19H2,1H3. The molecule has 0 aliphatic heterocycles. The summed E-state index contributed by atoms with van der Waals surface area (Å²) in [5.41, 5.74) is 1.30. The van der Waals surface area contributed by atoms with E-state index in [2.05, 4.69) is 6.92 Å². The Balaban J connectivity index is 1.81. The zero-order valence-corrected chi connectivity index (χ0v) is 15.2. The van der Waals surface area contributed by atoms with Gasteiger partial charge in [-0.3, -0.25) is 0 Å². The summed E-state index contributed by atoms with van der Waals surface area (Å²) in [5.74, 6) is 0. The van der Waals surface area contributed by atoms with E-state index in [0.29, 0.717) is 32.8 Å². The quantitative estimate of drug-likeness (QED) is 0.567. The van der Waals surface area contributed by atoms with Crippen molar-refractivity contribution in [3.63, 3.8) is 0 Å². The fraction of sp³-hybridized carbons (Fsp3) is 0.455. The predicted molar refractivity (Wildman–Crippen MR) is 101 cm³/mol. The molecule has 0 aliphatic carbocycles. The molecule has 0 atom stereocenters. The van der Waals surface area contributed by atoms with Crippen LogP contribution in [0.3, 0.4) is 0 Å². The Bertz CT molecular complexity index is 523. The van der Waals surface area contributed by atoms with Crippen LogP contribution in [0.15, 0.2) is 60.7 Å². The molecule has 0 spiro atoms. The number of hydrogen-bond donors (Lipinski definition) is 1. The van der Waals surface area contributed by atoms with E-state index in [1.165, 1.54) is 0 Å². The fourth-order valence-electron chi connectivity index (χ4n) is 2.76. The van der Waals surface area contributed by atoms with E-state index in [4.69, 9.17) is 9.47 Å². The maximum atomic E-state index is 10.9. The van der Waals surface area contributed by atoms with Gasteiger partial charge in [-0.05, 0) is 17.5 Å². The molecule has 0 fully saturated rings. The zero-order valence-electron chi connectivity index (χ0n) is 15.2. The van der Waals surface area contributed by atoms with Crippen molar-refractivity contribution in [1.82, 2.24) is 0 Å². The van der Waals surface area contributed by atoms with Gasteiger partial charge in [0.05, 0.1) is 26.4 Å². The maximum Gasteiger partial charge on any atom is 0.111 e. The molecule has 0 saturated heterocycles. The van der Waals surface area contributed by atoms with Gasteiger partial charge in [0.15, 0.2) is 0 Å². The monoisotopic (exact) mass is 342 g/mol. The molecule has 25 heavy (non-hydrogen) atoms. The Morgan fingerprint density at radius 1 is 0.760 bits per heavy atom. The average molecular weight is 342 g/mol. The minimum absolute atomic E-state index is 0.292. The van der Waals surface area contributed by atoms with Crippen molar-refractivity contribution in [2.75, 3.05) is 13.2 Å². The molecule has 2 rings (SSSR count). The Hall–Kier alpha value is -1.68. The molecule has 1 N–H and O–H groups in total. The molecule has 0 bridgehead atoms. The topological polar surface area (TPSA) is 38.7 Å². The van der Waals surface area contributed by atoms with Crippen LogP contribution in [0.4, 0.5) is 0 Å². The molecule has 2 aromatic carbocycles. The van der Waals surface area contributed by atoms with Crippen molar-refractivity contribution in [3.8, 4) is 0 Å². The van der Waals surface area contributed by atoms with Crippen LogP contribution in [-0.4, -0.2) is 23.9 Å². The van der Waals surface area contributed by atoms with Gasteiger partial charge in [0.2, 0.25) is 0 Å². The second kappa shape index (κ2) is 11.0. The summed E-state index contributed by atoms with van der Waals surface area (Å²) in [6.45, 7) is 3.77. The fourth-order valence-corrected chi connectivity index (χ4v) is 2.76. The second-order valence-corrected chi connectivity index (χ2v) is 6.64. The number of benzene rings is 2. The summed E-state index contributed by atoms with van der Waals surface area (Å²) < 4.78 is 11.6. The van der Waals surface area contributed by atoms with Gasteiger partial charge in [0.1, 0.15) is 5.60 Å². The Labute approximate surface area is 151 Å². The molecule has 136 valence electrons. The summed E-state index contributed by atoms with van der Waals surface area (Å²) in [5, 5.41) is 10.9. The molecular formula is C22H30O3. The van der Waals surface area contributed by atoms with Crippen molar-refractivity contribution in [3.05, 3.63) is 71.8 Å². The lowest BCUT2D eigenvalue weighted by Gasteiger charge is -2.28. The minimum Gasteiger partial charge on any atom is -0.385 e. The van der Waals surface area contributed by atoms with Crippen LogP contribution in [0.2, 0.25) is 0 Å². The third-order valence-corrected chi connectivity index (χ3v) is 4.21. The van der Waals surface area contributed by atoms with Crippen molar-refractivity contribution in [1.29, 1.82) is 0 Å². The summed E-state index contributed by atoms with van der Waals surface area (Å²) in [7, 11) is 0. The number of aliphatic hydroxyl groups is 1. The Kier molecular flexibility index (Phi) is 8.67. The van der Waals surface area contributed by atoms with Gasteiger partial charge in [-0.2, -0.15) is 0 Å². The van der Waals surface area contributed by atoms with Gasteiger partial charge in [-0.1, -0.05) is 86.8 Å². The summed E-state index contributed by atoms with van der Waals surface area (Å²) in [6, 6.07) is 20.1. The van der Waals surface area contributed by atoms with Crippen LogP contribution in [0.25, 0.3) is 0 Å². The summed E-state index contributed by atoms with van der Waals surface area (Å²) in [4.78, 5) is 0. The first kappa shape index (κ1) is 19.6. The molecule has 3 nitrogen and oxygen atoms in total. The highest BCUT2D eigenvalue weighted by Crippen LogP contribution is 2.18. The van der Waals surface area contributed by atoms with E-state index in [1.54, 1.807) is 0 Å². The SMILES string of the molecule is CCCCCC(O)(COCc1ccccc1)COCc1ccccc1.